The van der Waals surface area contributed by atoms with Gasteiger partial charge in [-0.15, -0.1) is 0 Å². The fourth-order valence-electron chi connectivity index (χ4n) is 1.69. The number of rotatable bonds is 3. The monoisotopic (exact) mass is 224 g/mol. The van der Waals surface area contributed by atoms with E-state index < -0.39 is 5.60 Å². The molecule has 2 aromatic rings. The second-order valence-electron chi connectivity index (χ2n) is 4.26. The van der Waals surface area contributed by atoms with Crippen LogP contribution in [0.15, 0.2) is 66.7 Å². The molecule has 0 heterocycles. The van der Waals surface area contributed by atoms with Crippen LogP contribution in [0, 0.1) is 0 Å². The minimum atomic E-state index is -0.933. The van der Waals surface area contributed by atoms with Crippen molar-refractivity contribution in [1.82, 2.24) is 0 Å². The van der Waals surface area contributed by atoms with E-state index in [1.165, 1.54) is 0 Å². The van der Waals surface area contributed by atoms with Crippen molar-refractivity contribution in [3.05, 3.63) is 77.9 Å². The molecule has 0 aliphatic heterocycles. The van der Waals surface area contributed by atoms with Crippen molar-refractivity contribution in [2.24, 2.45) is 0 Å². The van der Waals surface area contributed by atoms with E-state index in [0.717, 1.165) is 11.1 Å². The van der Waals surface area contributed by atoms with Gasteiger partial charge >= 0.3 is 0 Å². The van der Waals surface area contributed by atoms with Gasteiger partial charge in [0.25, 0.3) is 0 Å². The lowest BCUT2D eigenvalue weighted by Crippen LogP contribution is -2.17. The number of hydrogen-bond donors (Lipinski definition) is 1. The van der Waals surface area contributed by atoms with Gasteiger partial charge in [-0.05, 0) is 24.1 Å². The molecule has 1 N–H and O–H groups in total. The normalized spacial score (nSPS) is 14.7. The molecule has 17 heavy (non-hydrogen) atoms. The maximum atomic E-state index is 10.4. The minimum Gasteiger partial charge on any atom is -0.381 e. The van der Waals surface area contributed by atoms with Crippen LogP contribution in [-0.4, -0.2) is 5.11 Å². The van der Waals surface area contributed by atoms with Gasteiger partial charge in [-0.1, -0.05) is 66.7 Å². The summed E-state index contributed by atoms with van der Waals surface area (Å²) in [5.41, 5.74) is 1.05. The van der Waals surface area contributed by atoms with Crippen molar-refractivity contribution in [2.45, 2.75) is 12.5 Å². The van der Waals surface area contributed by atoms with E-state index in [2.05, 4.69) is 0 Å². The molecule has 2 rings (SSSR count). The molecule has 0 bridgehead atoms. The number of benzene rings is 2. The van der Waals surface area contributed by atoms with E-state index in [-0.39, 0.29) is 0 Å². The Kier molecular flexibility index (Phi) is 3.40. The predicted octanol–water partition coefficient (Wildman–Crippen LogP) is 3.61. The highest BCUT2D eigenvalue weighted by Gasteiger charge is 2.18. The molecule has 0 saturated heterocycles. The van der Waals surface area contributed by atoms with Crippen molar-refractivity contribution in [3.8, 4) is 0 Å². The third-order valence-corrected chi connectivity index (χ3v) is 2.76. The van der Waals surface area contributed by atoms with E-state index in [4.69, 9.17) is 0 Å². The van der Waals surface area contributed by atoms with Crippen molar-refractivity contribution in [3.63, 3.8) is 0 Å². The quantitative estimate of drug-likeness (QED) is 0.844. The lowest BCUT2D eigenvalue weighted by Gasteiger charge is -2.19. The van der Waals surface area contributed by atoms with Crippen molar-refractivity contribution in [1.29, 1.82) is 0 Å². The van der Waals surface area contributed by atoms with Gasteiger partial charge in [0.05, 0.1) is 0 Å². The average molecular weight is 224 g/mol. The van der Waals surface area contributed by atoms with Gasteiger partial charge in [0.2, 0.25) is 0 Å². The van der Waals surface area contributed by atoms with E-state index >= 15 is 0 Å². The lowest BCUT2D eigenvalue weighted by molar-refractivity contribution is 0.112. The second-order valence-corrected chi connectivity index (χ2v) is 4.26. The zero-order valence-electron chi connectivity index (χ0n) is 9.88. The van der Waals surface area contributed by atoms with Gasteiger partial charge in [0.15, 0.2) is 0 Å². The Hall–Kier alpha value is -1.86. The van der Waals surface area contributed by atoms with Crippen LogP contribution >= 0.6 is 0 Å². The zero-order chi connectivity index (χ0) is 12.1. The molecular weight excluding hydrogens is 208 g/mol. The largest absolute Gasteiger partial charge is 0.381 e. The Morgan fingerprint density at radius 1 is 0.882 bits per heavy atom. The Labute approximate surface area is 102 Å². The van der Waals surface area contributed by atoms with Crippen LogP contribution < -0.4 is 0 Å². The summed E-state index contributed by atoms with van der Waals surface area (Å²) in [6.45, 7) is 1.79. The van der Waals surface area contributed by atoms with E-state index in [0.29, 0.717) is 0 Å². The molecular formula is C16H16O. The van der Waals surface area contributed by atoms with Gasteiger partial charge in [0, 0.05) is 0 Å². The average Bonchev–Trinajstić information content (AvgIpc) is 2.39. The van der Waals surface area contributed by atoms with E-state index in [1.807, 2.05) is 72.8 Å². The summed E-state index contributed by atoms with van der Waals surface area (Å²) in [6, 6.07) is 19.6. The first-order valence-corrected chi connectivity index (χ1v) is 5.71. The molecule has 86 valence electrons. The summed E-state index contributed by atoms with van der Waals surface area (Å²) in [4.78, 5) is 0. The van der Waals surface area contributed by atoms with Gasteiger partial charge in [-0.3, -0.25) is 0 Å². The smallest absolute Gasteiger partial charge is 0.105 e. The molecule has 1 heteroatoms. The first kappa shape index (κ1) is 11.6. The topological polar surface area (TPSA) is 20.2 Å². The van der Waals surface area contributed by atoms with E-state index in [9.17, 15) is 5.11 Å². The Morgan fingerprint density at radius 3 is 2.00 bits per heavy atom. The molecule has 1 nitrogen and oxygen atoms in total. The molecule has 0 fully saturated rings. The zero-order valence-corrected chi connectivity index (χ0v) is 9.88. The number of aliphatic hydroxyl groups is 1. The molecule has 0 saturated carbocycles. The summed E-state index contributed by atoms with van der Waals surface area (Å²) in [5, 5.41) is 10.4. The first-order valence-electron chi connectivity index (χ1n) is 5.71. The van der Waals surface area contributed by atoms with Gasteiger partial charge < -0.3 is 5.11 Å². The summed E-state index contributed by atoms with van der Waals surface area (Å²) in [6.07, 6.45) is 3.75. The fraction of sp³-hybridized carbons (Fsp3) is 0.125. The molecule has 0 aromatic heterocycles. The van der Waals surface area contributed by atoms with Crippen molar-refractivity contribution in [2.75, 3.05) is 0 Å². The summed E-state index contributed by atoms with van der Waals surface area (Å²) >= 11 is 0. The molecule has 2 aromatic carbocycles. The summed E-state index contributed by atoms with van der Waals surface area (Å²) in [5.74, 6) is 0. The lowest BCUT2D eigenvalue weighted by atomic mass is 9.95. The molecule has 0 aliphatic carbocycles. The molecule has 1 atom stereocenters. The van der Waals surface area contributed by atoms with Crippen LogP contribution in [0.1, 0.15) is 18.1 Å². The SMILES string of the molecule is CC(O)(/C=C/c1ccccc1)c1ccccc1. The molecule has 0 aliphatic rings. The van der Waals surface area contributed by atoms with Crippen LogP contribution in [0.2, 0.25) is 0 Å². The van der Waals surface area contributed by atoms with Gasteiger partial charge in [0.1, 0.15) is 5.60 Å². The Bertz CT molecular complexity index is 483. The fourth-order valence-corrected chi connectivity index (χ4v) is 1.69. The maximum absolute atomic E-state index is 10.4. The van der Waals surface area contributed by atoms with Crippen LogP contribution in [0.3, 0.4) is 0 Å². The molecule has 0 spiro atoms. The second kappa shape index (κ2) is 4.98. The van der Waals surface area contributed by atoms with Gasteiger partial charge in [-0.25, -0.2) is 0 Å². The van der Waals surface area contributed by atoms with Crippen molar-refractivity contribution >= 4 is 6.08 Å². The van der Waals surface area contributed by atoms with Crippen LogP contribution in [0.5, 0.6) is 0 Å². The minimum absolute atomic E-state index is 0.896. The summed E-state index contributed by atoms with van der Waals surface area (Å²) < 4.78 is 0. The molecule has 0 radical (unpaired) electrons. The standard InChI is InChI=1S/C16H16O/c1-16(17,15-10-6-3-7-11-15)13-12-14-8-4-2-5-9-14/h2-13,17H,1H3/b13-12+. The number of hydrogen-bond acceptors (Lipinski definition) is 1. The third kappa shape index (κ3) is 3.05. The Morgan fingerprint density at radius 2 is 1.41 bits per heavy atom. The Balaban J connectivity index is 2.21. The molecule has 1 unspecified atom stereocenters. The highest BCUT2D eigenvalue weighted by atomic mass is 16.3. The summed E-state index contributed by atoms with van der Waals surface area (Å²) in [7, 11) is 0. The predicted molar refractivity (Wildman–Crippen MR) is 71.5 cm³/mol. The van der Waals surface area contributed by atoms with Gasteiger partial charge in [-0.2, -0.15) is 0 Å². The van der Waals surface area contributed by atoms with Crippen LogP contribution in [-0.2, 0) is 5.60 Å². The van der Waals surface area contributed by atoms with Crippen LogP contribution in [0.25, 0.3) is 6.08 Å². The van der Waals surface area contributed by atoms with Crippen molar-refractivity contribution < 1.29 is 5.11 Å². The first-order chi connectivity index (χ1) is 8.18. The third-order valence-electron chi connectivity index (χ3n) is 2.76. The van der Waals surface area contributed by atoms with Crippen LogP contribution in [0.4, 0.5) is 0 Å². The highest BCUT2D eigenvalue weighted by molar-refractivity contribution is 5.51. The molecule has 0 amide bonds. The van der Waals surface area contributed by atoms with E-state index in [1.54, 1.807) is 6.92 Å². The highest BCUT2D eigenvalue weighted by Crippen LogP contribution is 2.22. The maximum Gasteiger partial charge on any atom is 0.105 e.